The smallest absolute Gasteiger partial charge is 0.245 e. The van der Waals surface area contributed by atoms with Gasteiger partial charge in [-0.25, -0.2) is 9.97 Å². The minimum Gasteiger partial charge on any atom is -0.368 e. The molecule has 1 unspecified atom stereocenters. The molecule has 9 nitrogen and oxygen atoms in total. The molecule has 3 aliphatic heterocycles. The Morgan fingerprint density at radius 3 is 2.71 bits per heavy atom. The Kier molecular flexibility index (Phi) is 4.41. The Morgan fingerprint density at radius 2 is 2.04 bits per heavy atom. The van der Waals surface area contributed by atoms with Crippen molar-refractivity contribution in [3.05, 3.63) is 24.5 Å². The van der Waals surface area contributed by atoms with Crippen molar-refractivity contribution in [1.29, 1.82) is 5.26 Å². The van der Waals surface area contributed by atoms with Crippen molar-refractivity contribution >= 4 is 23.5 Å². The van der Waals surface area contributed by atoms with Gasteiger partial charge in [0.1, 0.15) is 24.0 Å². The minimum atomic E-state index is -0.440. The monoisotopic (exact) mass is 381 g/mol. The maximum atomic E-state index is 11.8. The van der Waals surface area contributed by atoms with Gasteiger partial charge in [-0.3, -0.25) is 9.59 Å². The fourth-order valence-corrected chi connectivity index (χ4v) is 4.66. The van der Waals surface area contributed by atoms with Crippen molar-refractivity contribution in [3.63, 3.8) is 0 Å². The van der Waals surface area contributed by atoms with Gasteiger partial charge in [0.05, 0.1) is 0 Å². The summed E-state index contributed by atoms with van der Waals surface area (Å²) in [5.74, 6) is 0.626. The van der Waals surface area contributed by atoms with Crippen molar-refractivity contribution in [1.82, 2.24) is 14.9 Å². The summed E-state index contributed by atoms with van der Waals surface area (Å²) in [6, 6.07) is 1.80. The van der Waals surface area contributed by atoms with Gasteiger partial charge in [-0.1, -0.05) is 6.58 Å². The molecule has 1 spiro atoms. The van der Waals surface area contributed by atoms with Crippen molar-refractivity contribution in [2.24, 2.45) is 11.1 Å². The summed E-state index contributed by atoms with van der Waals surface area (Å²) in [6.45, 7) is 7.07. The van der Waals surface area contributed by atoms with Crippen LogP contribution < -0.4 is 15.5 Å². The number of aromatic nitrogens is 2. The lowest BCUT2D eigenvalue weighted by Gasteiger charge is -2.47. The number of anilines is 2. The van der Waals surface area contributed by atoms with E-state index in [2.05, 4.69) is 27.5 Å². The molecule has 2 amide bonds. The van der Waals surface area contributed by atoms with Gasteiger partial charge in [-0.15, -0.1) is 0 Å². The predicted octanol–water partition coefficient (Wildman–Crippen LogP) is 0.0271. The second kappa shape index (κ2) is 6.78. The van der Waals surface area contributed by atoms with E-state index in [1.807, 2.05) is 4.90 Å². The van der Waals surface area contributed by atoms with Gasteiger partial charge in [0, 0.05) is 38.1 Å². The van der Waals surface area contributed by atoms with Gasteiger partial charge in [0.15, 0.2) is 11.6 Å². The molecule has 0 bridgehead atoms. The number of carbonyl (C=O) groups excluding carboxylic acids is 2. The van der Waals surface area contributed by atoms with Gasteiger partial charge >= 0.3 is 0 Å². The molecule has 2 N–H and O–H groups in total. The summed E-state index contributed by atoms with van der Waals surface area (Å²) in [5, 5.41) is 9.83. The molecule has 3 fully saturated rings. The number of hydrogen-bond donors (Lipinski definition) is 1. The number of nitrogens with zero attached hydrogens (tertiary/aromatic N) is 6. The van der Waals surface area contributed by atoms with E-state index in [-0.39, 0.29) is 11.3 Å². The fraction of sp³-hybridized carbons (Fsp3) is 0.526. The van der Waals surface area contributed by atoms with Crippen LogP contribution in [0.5, 0.6) is 0 Å². The zero-order chi connectivity index (χ0) is 19.9. The summed E-state index contributed by atoms with van der Waals surface area (Å²) in [7, 11) is 0. The number of carbonyl (C=O) groups is 2. The SMILES string of the molecule is C=CC(=O)N1CC2(CCN(c3ncnc(N4CCCC4C(N)=O)c3C#N)C2)C1. The highest BCUT2D eigenvalue weighted by Gasteiger charge is 2.49. The Hall–Kier alpha value is -3.15. The molecule has 3 aliphatic rings. The maximum Gasteiger partial charge on any atom is 0.245 e. The zero-order valence-corrected chi connectivity index (χ0v) is 15.7. The van der Waals surface area contributed by atoms with Gasteiger partial charge in [-0.2, -0.15) is 5.26 Å². The number of amides is 2. The summed E-state index contributed by atoms with van der Waals surface area (Å²) >= 11 is 0. The largest absolute Gasteiger partial charge is 0.368 e. The first kappa shape index (κ1) is 18.2. The van der Waals surface area contributed by atoms with E-state index in [1.54, 1.807) is 4.90 Å². The molecular weight excluding hydrogens is 358 g/mol. The standard InChI is InChI=1S/C19H23N7O2/c1-2-15(27)25-10-19(11-25)5-7-24(9-19)17-13(8-20)18(23-12-22-17)26-6-3-4-14(26)16(21)28/h2,12,14H,1,3-7,9-11H2,(H2,21,28). The third kappa shape index (κ3) is 2.85. The van der Waals surface area contributed by atoms with E-state index in [0.29, 0.717) is 43.3 Å². The molecular formula is C19H23N7O2. The van der Waals surface area contributed by atoms with Crippen LogP contribution in [0.25, 0.3) is 0 Å². The topological polar surface area (TPSA) is 119 Å². The van der Waals surface area contributed by atoms with Crippen LogP contribution in [0.3, 0.4) is 0 Å². The molecule has 1 aromatic rings. The van der Waals surface area contributed by atoms with Crippen molar-refractivity contribution in [3.8, 4) is 6.07 Å². The van der Waals surface area contributed by atoms with Crippen LogP contribution in [0.15, 0.2) is 19.0 Å². The first-order valence-electron chi connectivity index (χ1n) is 9.45. The van der Waals surface area contributed by atoms with Crippen LogP contribution in [0.4, 0.5) is 11.6 Å². The molecule has 9 heteroatoms. The quantitative estimate of drug-likeness (QED) is 0.731. The molecule has 3 saturated heterocycles. The van der Waals surface area contributed by atoms with Crippen molar-refractivity contribution in [2.45, 2.75) is 25.3 Å². The Labute approximate surface area is 163 Å². The van der Waals surface area contributed by atoms with Crippen LogP contribution in [0, 0.1) is 16.7 Å². The summed E-state index contributed by atoms with van der Waals surface area (Å²) in [5.41, 5.74) is 5.95. The van der Waals surface area contributed by atoms with Crippen molar-refractivity contribution in [2.75, 3.05) is 42.5 Å². The zero-order valence-electron chi connectivity index (χ0n) is 15.7. The van der Waals surface area contributed by atoms with Crippen LogP contribution in [0.1, 0.15) is 24.8 Å². The highest BCUT2D eigenvalue weighted by atomic mass is 16.2. The van der Waals surface area contributed by atoms with E-state index < -0.39 is 11.9 Å². The predicted molar refractivity (Wildman–Crippen MR) is 102 cm³/mol. The maximum absolute atomic E-state index is 11.8. The van der Waals surface area contributed by atoms with E-state index in [4.69, 9.17) is 5.73 Å². The van der Waals surface area contributed by atoms with Gasteiger partial charge in [0.2, 0.25) is 11.8 Å². The highest BCUT2D eigenvalue weighted by Crippen LogP contribution is 2.42. The number of nitriles is 1. The highest BCUT2D eigenvalue weighted by molar-refractivity contribution is 5.88. The Bertz CT molecular complexity index is 872. The first-order chi connectivity index (χ1) is 13.5. The Balaban J connectivity index is 1.57. The van der Waals surface area contributed by atoms with Gasteiger partial charge < -0.3 is 20.4 Å². The molecule has 146 valence electrons. The molecule has 0 aliphatic carbocycles. The summed E-state index contributed by atoms with van der Waals surface area (Å²) in [4.78, 5) is 37.9. The normalized spacial score (nSPS) is 22.8. The number of primary amides is 1. The van der Waals surface area contributed by atoms with Crippen LogP contribution in [0.2, 0.25) is 0 Å². The number of nitrogens with two attached hydrogens (primary N) is 1. The minimum absolute atomic E-state index is 0.0416. The third-order valence-corrected chi connectivity index (χ3v) is 6.05. The van der Waals surface area contributed by atoms with E-state index in [9.17, 15) is 14.9 Å². The molecule has 0 aromatic carbocycles. The average Bonchev–Trinajstić information content (AvgIpc) is 3.33. The second-order valence-electron chi connectivity index (χ2n) is 7.83. The summed E-state index contributed by atoms with van der Waals surface area (Å²) < 4.78 is 0. The average molecular weight is 381 g/mol. The Morgan fingerprint density at radius 1 is 1.29 bits per heavy atom. The molecule has 4 heterocycles. The molecule has 0 saturated carbocycles. The lowest BCUT2D eigenvalue weighted by atomic mass is 9.79. The third-order valence-electron chi connectivity index (χ3n) is 6.05. The second-order valence-corrected chi connectivity index (χ2v) is 7.83. The number of likely N-dealkylation sites (tertiary alicyclic amines) is 1. The molecule has 0 radical (unpaired) electrons. The van der Waals surface area contributed by atoms with Crippen LogP contribution in [-0.2, 0) is 9.59 Å². The first-order valence-corrected chi connectivity index (χ1v) is 9.45. The van der Waals surface area contributed by atoms with Crippen molar-refractivity contribution < 1.29 is 9.59 Å². The van der Waals surface area contributed by atoms with E-state index in [0.717, 1.165) is 25.9 Å². The summed E-state index contributed by atoms with van der Waals surface area (Å²) in [6.07, 6.45) is 5.22. The van der Waals surface area contributed by atoms with Crippen LogP contribution >= 0.6 is 0 Å². The molecule has 4 rings (SSSR count). The van der Waals surface area contributed by atoms with Gasteiger partial charge in [0.25, 0.3) is 0 Å². The molecule has 1 atom stereocenters. The lowest BCUT2D eigenvalue weighted by molar-refractivity contribution is -0.136. The van der Waals surface area contributed by atoms with Gasteiger partial charge in [-0.05, 0) is 25.3 Å². The number of hydrogen-bond acceptors (Lipinski definition) is 7. The molecule has 28 heavy (non-hydrogen) atoms. The lowest BCUT2D eigenvalue weighted by Crippen LogP contribution is -2.59. The molecule has 1 aromatic heterocycles. The number of rotatable bonds is 4. The van der Waals surface area contributed by atoms with E-state index >= 15 is 0 Å². The fourth-order valence-electron chi connectivity index (χ4n) is 4.66. The van der Waals surface area contributed by atoms with E-state index in [1.165, 1.54) is 12.4 Å². The van der Waals surface area contributed by atoms with Crippen LogP contribution in [-0.4, -0.2) is 65.4 Å².